The SMILES string of the molecule is CC(C)(c1ccc(OC[C@@H](O)Cn2nnc(CO)c2[123I])cc1)c1ccc(OC[C@H](O)CCl)c(Cl)c1. The first kappa shape index (κ1) is 27.9. The van der Waals surface area contributed by atoms with E-state index in [0.717, 1.165) is 11.1 Å². The molecule has 0 aliphatic rings. The maximum Gasteiger partial charge on any atom is 0.138 e. The van der Waals surface area contributed by atoms with Gasteiger partial charge in [-0.3, -0.25) is 0 Å². The summed E-state index contributed by atoms with van der Waals surface area (Å²) in [5.41, 5.74) is 2.19. The van der Waals surface area contributed by atoms with Crippen molar-refractivity contribution in [3.8, 4) is 11.5 Å². The molecule has 2 atom stereocenters. The molecule has 1 aromatic heterocycles. The number of rotatable bonds is 12. The Labute approximate surface area is 227 Å². The lowest BCUT2D eigenvalue weighted by Crippen LogP contribution is -2.25. The molecule has 0 fully saturated rings. The second-order valence-corrected chi connectivity index (χ2v) is 10.3. The highest BCUT2D eigenvalue weighted by atomic mass is 123. The minimum Gasteiger partial charge on any atom is -0.491 e. The number of aliphatic hydroxyl groups excluding tert-OH is 3. The largest absolute Gasteiger partial charge is 0.491 e. The highest BCUT2D eigenvalue weighted by Gasteiger charge is 2.24. The Morgan fingerprint density at radius 3 is 2.29 bits per heavy atom. The van der Waals surface area contributed by atoms with Crippen LogP contribution in [-0.4, -0.2) is 61.6 Å². The van der Waals surface area contributed by atoms with E-state index in [1.807, 2.05) is 59.0 Å². The molecule has 0 saturated carbocycles. The molecule has 2 aromatic carbocycles. The highest BCUT2D eigenvalue weighted by Crippen LogP contribution is 2.36. The third-order valence-electron chi connectivity index (χ3n) is 5.55. The van der Waals surface area contributed by atoms with Gasteiger partial charge in [-0.1, -0.05) is 48.9 Å². The van der Waals surface area contributed by atoms with Gasteiger partial charge in [0.05, 0.1) is 24.1 Å². The Kier molecular flexibility index (Phi) is 10.0. The third kappa shape index (κ3) is 7.21. The van der Waals surface area contributed by atoms with Crippen molar-refractivity contribution in [1.29, 1.82) is 0 Å². The molecule has 0 unspecified atom stereocenters. The summed E-state index contributed by atoms with van der Waals surface area (Å²) in [7, 11) is 0. The predicted molar refractivity (Wildman–Crippen MR) is 142 cm³/mol. The van der Waals surface area contributed by atoms with E-state index in [9.17, 15) is 15.3 Å². The molecule has 0 saturated heterocycles. The normalized spacial score (nSPS) is 13.5. The van der Waals surface area contributed by atoms with Crippen molar-refractivity contribution < 1.29 is 24.8 Å². The Morgan fingerprint density at radius 2 is 1.69 bits per heavy atom. The zero-order chi connectivity index (χ0) is 25.6. The van der Waals surface area contributed by atoms with Crippen LogP contribution in [-0.2, 0) is 18.6 Å². The van der Waals surface area contributed by atoms with E-state index in [1.165, 1.54) is 4.68 Å². The summed E-state index contributed by atoms with van der Waals surface area (Å²) < 4.78 is 13.5. The van der Waals surface area contributed by atoms with Crippen molar-refractivity contribution >= 4 is 45.8 Å². The van der Waals surface area contributed by atoms with Gasteiger partial charge >= 0.3 is 0 Å². The van der Waals surface area contributed by atoms with Crippen LogP contribution >= 0.6 is 45.8 Å². The van der Waals surface area contributed by atoms with Crippen LogP contribution in [0.3, 0.4) is 0 Å². The number of hydrogen-bond acceptors (Lipinski definition) is 7. The number of hydrogen-bond donors (Lipinski definition) is 3. The van der Waals surface area contributed by atoms with Gasteiger partial charge < -0.3 is 24.8 Å². The van der Waals surface area contributed by atoms with Gasteiger partial charge in [0.15, 0.2) is 0 Å². The Morgan fingerprint density at radius 1 is 1.03 bits per heavy atom. The Bertz CT molecular complexity index is 1110. The molecular formula is C24H28Cl2IN3O5. The minimum atomic E-state index is -0.790. The molecule has 0 radical (unpaired) electrons. The minimum absolute atomic E-state index is 0.0733. The summed E-state index contributed by atoms with van der Waals surface area (Å²) in [5.74, 6) is 1.21. The lowest BCUT2D eigenvalue weighted by Gasteiger charge is -2.27. The molecule has 3 aromatic rings. The maximum absolute atomic E-state index is 10.3. The fourth-order valence-electron chi connectivity index (χ4n) is 3.37. The predicted octanol–water partition coefficient (Wildman–Crippen LogP) is 3.77. The monoisotopic (exact) mass is 631 g/mol. The second kappa shape index (κ2) is 12.6. The topological polar surface area (TPSA) is 110 Å². The van der Waals surface area contributed by atoms with Crippen molar-refractivity contribution in [2.75, 3.05) is 19.1 Å². The first-order valence-corrected chi connectivity index (χ1v) is 12.9. The molecule has 0 aliphatic heterocycles. The smallest absolute Gasteiger partial charge is 0.138 e. The van der Waals surface area contributed by atoms with Gasteiger partial charge in [0.25, 0.3) is 0 Å². The molecule has 1 heterocycles. The number of nitrogens with zero attached hydrogens (tertiary/aromatic N) is 3. The van der Waals surface area contributed by atoms with Crippen molar-refractivity contribution in [2.45, 2.75) is 44.6 Å². The number of benzene rings is 2. The summed E-state index contributed by atoms with van der Waals surface area (Å²) >= 11 is 14.1. The molecule has 3 N–H and O–H groups in total. The molecule has 0 bridgehead atoms. The zero-order valence-corrected chi connectivity index (χ0v) is 23.0. The van der Waals surface area contributed by atoms with Crippen LogP contribution in [0.1, 0.15) is 30.7 Å². The highest BCUT2D eigenvalue weighted by molar-refractivity contribution is 14.1. The van der Waals surface area contributed by atoms with Gasteiger partial charge in [0, 0.05) is 5.41 Å². The number of aromatic nitrogens is 3. The molecule has 0 spiro atoms. The van der Waals surface area contributed by atoms with Crippen molar-refractivity contribution in [2.24, 2.45) is 0 Å². The van der Waals surface area contributed by atoms with Crippen LogP contribution in [0, 0.1) is 3.70 Å². The molecular weight excluding hydrogens is 604 g/mol. The van der Waals surface area contributed by atoms with E-state index < -0.39 is 12.2 Å². The molecule has 8 nitrogen and oxygen atoms in total. The summed E-state index contributed by atoms with van der Waals surface area (Å²) in [6.45, 7) is 4.36. The number of ether oxygens (including phenoxy) is 2. The summed E-state index contributed by atoms with van der Waals surface area (Å²) in [4.78, 5) is 0. The van der Waals surface area contributed by atoms with Gasteiger partial charge in [-0.2, -0.15) is 0 Å². The second-order valence-electron chi connectivity index (χ2n) is 8.55. The van der Waals surface area contributed by atoms with Gasteiger partial charge in [-0.05, 0) is 58.0 Å². The molecule has 35 heavy (non-hydrogen) atoms. The van der Waals surface area contributed by atoms with E-state index >= 15 is 0 Å². The Hall–Kier alpha value is -1.63. The molecule has 190 valence electrons. The third-order valence-corrected chi connectivity index (χ3v) is 7.38. The number of halogens is 3. The summed E-state index contributed by atoms with van der Waals surface area (Å²) in [6, 6.07) is 13.3. The average molecular weight is 632 g/mol. The lowest BCUT2D eigenvalue weighted by molar-refractivity contribution is 0.0881. The summed E-state index contributed by atoms with van der Waals surface area (Å²) in [6.07, 6.45) is -1.54. The van der Waals surface area contributed by atoms with Gasteiger partial charge in [0.2, 0.25) is 0 Å². The van der Waals surface area contributed by atoms with Crippen molar-refractivity contribution in [3.63, 3.8) is 0 Å². The van der Waals surface area contributed by atoms with Crippen molar-refractivity contribution in [3.05, 3.63) is 68.0 Å². The maximum atomic E-state index is 10.3. The molecule has 11 heteroatoms. The fraction of sp³-hybridized carbons (Fsp3) is 0.417. The van der Waals surface area contributed by atoms with E-state index in [-0.39, 0.29) is 37.7 Å². The lowest BCUT2D eigenvalue weighted by atomic mass is 9.78. The average Bonchev–Trinajstić information content (AvgIpc) is 3.20. The van der Waals surface area contributed by atoms with Crippen molar-refractivity contribution in [1.82, 2.24) is 15.0 Å². The van der Waals surface area contributed by atoms with Crippen LogP contribution < -0.4 is 9.47 Å². The quantitative estimate of drug-likeness (QED) is 0.206. The van der Waals surface area contributed by atoms with Crippen LogP contribution in [0.5, 0.6) is 11.5 Å². The number of alkyl halides is 1. The van der Waals surface area contributed by atoms with Gasteiger partial charge in [-0.25, -0.2) is 4.68 Å². The van der Waals surface area contributed by atoms with Crippen LogP contribution in [0.4, 0.5) is 0 Å². The molecule has 0 amide bonds. The first-order chi connectivity index (χ1) is 16.6. The fourth-order valence-corrected chi connectivity index (χ4v) is 4.26. The van der Waals surface area contributed by atoms with E-state index in [2.05, 4.69) is 24.2 Å². The van der Waals surface area contributed by atoms with E-state index in [4.69, 9.17) is 32.7 Å². The number of aliphatic hydroxyl groups is 3. The van der Waals surface area contributed by atoms with Gasteiger partial charge in [0.1, 0.15) is 46.3 Å². The van der Waals surface area contributed by atoms with Crippen LogP contribution in [0.15, 0.2) is 42.5 Å². The molecule has 3 rings (SSSR count). The van der Waals surface area contributed by atoms with Gasteiger partial charge in [-0.15, -0.1) is 16.7 Å². The van der Waals surface area contributed by atoms with Crippen LogP contribution in [0.2, 0.25) is 5.02 Å². The summed E-state index contributed by atoms with van der Waals surface area (Å²) in [5, 5.41) is 37.4. The first-order valence-electron chi connectivity index (χ1n) is 10.9. The van der Waals surface area contributed by atoms with Crippen LogP contribution in [0.25, 0.3) is 0 Å². The van der Waals surface area contributed by atoms with E-state index in [1.54, 1.807) is 6.07 Å². The zero-order valence-electron chi connectivity index (χ0n) is 19.4. The Balaban J connectivity index is 1.60. The molecule has 0 aliphatic carbocycles. The van der Waals surface area contributed by atoms with E-state index in [0.29, 0.717) is 25.9 Å². The standard InChI is InChI=1S/C24H28Cl2IN3O5/c1-24(2,16-5-8-22(20(26)9-16)35-13-17(32)10-25)15-3-6-19(7-4-15)34-14-18(33)11-30-23(27)21(12-31)28-29-30/h3-9,17-18,31-33H,10-14H2,1-2H3/t17-,18+/m1/s1/i27-4.